The maximum atomic E-state index is 16.0. The summed E-state index contributed by atoms with van der Waals surface area (Å²) >= 11 is 1.23. The number of carboxylic acid groups (broad SMARTS) is 1. The molecule has 1 amide bonds. The van der Waals surface area contributed by atoms with Gasteiger partial charge < -0.3 is 30.4 Å². The Balaban J connectivity index is 1.55. The van der Waals surface area contributed by atoms with E-state index in [1.165, 1.54) is 53.6 Å². The number of thiazole rings is 1. The number of rotatable bonds is 17. The Hall–Kier alpha value is -6.61. The lowest BCUT2D eigenvalue weighted by Gasteiger charge is -2.27. The zero-order valence-electron chi connectivity index (χ0n) is 33.9. The van der Waals surface area contributed by atoms with Crippen molar-refractivity contribution in [3.8, 4) is 39.8 Å². The van der Waals surface area contributed by atoms with E-state index in [0.29, 0.717) is 44.2 Å². The van der Waals surface area contributed by atoms with Crippen LogP contribution in [0.4, 0.5) is 9.93 Å². The first-order valence-corrected chi connectivity index (χ1v) is 22.7. The van der Waals surface area contributed by atoms with Crippen LogP contribution in [-0.2, 0) is 39.5 Å². The monoisotopic (exact) mass is 898 g/mol. The highest BCUT2D eigenvalue weighted by atomic mass is 32.2. The van der Waals surface area contributed by atoms with Crippen molar-refractivity contribution < 1.29 is 40.9 Å². The molecule has 0 aliphatic heterocycles. The average molecular weight is 899 g/mol. The number of aromatic nitrogens is 5. The van der Waals surface area contributed by atoms with Crippen LogP contribution >= 0.6 is 11.3 Å². The van der Waals surface area contributed by atoms with E-state index in [9.17, 15) is 18.3 Å². The molecule has 17 nitrogen and oxygen atoms in total. The summed E-state index contributed by atoms with van der Waals surface area (Å²) in [5.74, 6) is 1.63. The summed E-state index contributed by atoms with van der Waals surface area (Å²) in [4.78, 5) is 15.0. The van der Waals surface area contributed by atoms with E-state index >= 15 is 8.42 Å². The fourth-order valence-corrected chi connectivity index (χ4v) is 11.3. The van der Waals surface area contributed by atoms with Crippen molar-refractivity contribution in [2.45, 2.75) is 41.6 Å². The molecule has 0 unspecified atom stereocenters. The number of sulfone groups is 1. The van der Waals surface area contributed by atoms with Crippen LogP contribution < -0.4 is 25.3 Å². The molecule has 322 valence electrons. The lowest BCUT2D eigenvalue weighted by atomic mass is 9.98. The number of hydrogen-bond donors (Lipinski definition) is 3. The van der Waals surface area contributed by atoms with Crippen molar-refractivity contribution in [3.05, 3.63) is 120 Å². The summed E-state index contributed by atoms with van der Waals surface area (Å²) < 4.78 is 81.1. The molecule has 0 saturated carbocycles. The highest BCUT2D eigenvalue weighted by molar-refractivity contribution is 7.94. The molecule has 0 aliphatic rings. The largest absolute Gasteiger partial charge is 0.497 e. The highest BCUT2D eigenvalue weighted by Gasteiger charge is 2.40. The van der Waals surface area contributed by atoms with Gasteiger partial charge in [0.05, 0.1) is 53.8 Å². The van der Waals surface area contributed by atoms with Crippen LogP contribution in [0.2, 0.25) is 0 Å². The number of hydrogen-bond acceptors (Lipinski definition) is 14. The third-order valence-corrected chi connectivity index (χ3v) is 15.1. The maximum Gasteiger partial charge on any atom is 0.404 e. The van der Waals surface area contributed by atoms with Gasteiger partial charge in [-0.15, -0.1) is 5.10 Å². The predicted molar refractivity (Wildman–Crippen MR) is 233 cm³/mol. The lowest BCUT2D eigenvalue weighted by molar-refractivity contribution is 0.194. The number of nitrogens with one attached hydrogen (secondary N) is 1. The lowest BCUT2D eigenvalue weighted by Crippen LogP contribution is -2.36. The second-order valence-electron chi connectivity index (χ2n) is 14.0. The van der Waals surface area contributed by atoms with E-state index in [1.807, 2.05) is 6.07 Å². The number of benzene rings is 5. The van der Waals surface area contributed by atoms with Crippen molar-refractivity contribution in [2.75, 3.05) is 33.6 Å². The van der Waals surface area contributed by atoms with Gasteiger partial charge in [0.1, 0.15) is 22.1 Å². The molecule has 0 saturated heterocycles. The minimum Gasteiger partial charge on any atom is -0.497 e. The summed E-state index contributed by atoms with van der Waals surface area (Å²) in [5.41, 5.74) is 9.05. The summed E-state index contributed by atoms with van der Waals surface area (Å²) in [6.07, 6.45) is -1.45. The Labute approximate surface area is 361 Å². The van der Waals surface area contributed by atoms with E-state index < -0.39 is 47.5 Å². The number of sulfonamides is 1. The fraction of sp³-hybridized carbons (Fsp3) is 0.214. The maximum absolute atomic E-state index is 16.0. The SMILES string of the molecule is COc1ccc(CN(Cc2ccc(OC)cc2)S(=O)(=O)c2c(S(=O)(=O)[C@H](C)CNC(=O)O)ccc(-c3cccc4sc(N)nc34)c2-c2nnnn2Cc2ccc(OC)cc2)cc1. The first-order chi connectivity index (χ1) is 29.7. The van der Waals surface area contributed by atoms with E-state index in [2.05, 4.69) is 25.8 Å². The molecular weight excluding hydrogens is 857 g/mol. The Kier molecular flexibility index (Phi) is 12.7. The Bertz CT molecular complexity index is 2890. The fourth-order valence-electron chi connectivity index (χ4n) is 6.85. The molecule has 5 aromatic carbocycles. The molecule has 0 aliphatic carbocycles. The molecular formula is C42H42N8O9S3. The van der Waals surface area contributed by atoms with Gasteiger partial charge >= 0.3 is 6.09 Å². The van der Waals surface area contributed by atoms with Crippen molar-refractivity contribution in [1.82, 2.24) is 34.8 Å². The van der Waals surface area contributed by atoms with E-state index in [4.69, 9.17) is 19.9 Å². The first kappa shape index (κ1) is 43.5. The van der Waals surface area contributed by atoms with Crippen molar-refractivity contribution in [2.24, 2.45) is 0 Å². The molecule has 0 bridgehead atoms. The highest BCUT2D eigenvalue weighted by Crippen LogP contribution is 2.45. The molecule has 62 heavy (non-hydrogen) atoms. The number of amides is 1. The molecule has 7 rings (SSSR count). The number of anilines is 1. The van der Waals surface area contributed by atoms with Crippen molar-refractivity contribution in [1.29, 1.82) is 0 Å². The van der Waals surface area contributed by atoms with E-state index in [-0.39, 0.29) is 41.7 Å². The third-order valence-electron chi connectivity index (χ3n) is 10.1. The summed E-state index contributed by atoms with van der Waals surface area (Å²) in [7, 11) is -5.05. The normalized spacial score (nSPS) is 12.3. The number of tetrazole rings is 1. The Morgan fingerprint density at radius 1 is 0.806 bits per heavy atom. The Morgan fingerprint density at radius 3 is 1.92 bits per heavy atom. The minimum atomic E-state index is -4.95. The smallest absolute Gasteiger partial charge is 0.404 e. The predicted octanol–water partition coefficient (Wildman–Crippen LogP) is 6.09. The van der Waals surface area contributed by atoms with Gasteiger partial charge in [-0.1, -0.05) is 65.9 Å². The van der Waals surface area contributed by atoms with Crippen LogP contribution in [0.1, 0.15) is 23.6 Å². The van der Waals surface area contributed by atoms with Gasteiger partial charge in [0.15, 0.2) is 20.8 Å². The van der Waals surface area contributed by atoms with Crippen LogP contribution in [0.25, 0.3) is 32.7 Å². The van der Waals surface area contributed by atoms with Gasteiger partial charge in [-0.05, 0) is 88.1 Å². The summed E-state index contributed by atoms with van der Waals surface area (Å²) in [6, 6.07) is 28.8. The number of nitrogen functional groups attached to an aromatic ring is 1. The van der Waals surface area contributed by atoms with Crippen molar-refractivity contribution >= 4 is 52.6 Å². The molecule has 2 aromatic heterocycles. The van der Waals surface area contributed by atoms with Crippen LogP contribution in [0.5, 0.6) is 17.2 Å². The van der Waals surface area contributed by atoms with Gasteiger partial charge in [-0.3, -0.25) is 0 Å². The van der Waals surface area contributed by atoms with Gasteiger partial charge in [0.2, 0.25) is 10.0 Å². The quantitative estimate of drug-likeness (QED) is 0.0939. The topological polar surface area (TPSA) is 231 Å². The second kappa shape index (κ2) is 18.2. The molecule has 0 radical (unpaired) electrons. The second-order valence-corrected chi connectivity index (χ2v) is 19.3. The zero-order chi connectivity index (χ0) is 44.2. The molecule has 4 N–H and O–H groups in total. The molecule has 1 atom stereocenters. The van der Waals surface area contributed by atoms with Crippen molar-refractivity contribution in [3.63, 3.8) is 0 Å². The molecule has 20 heteroatoms. The number of carbonyl (C=O) groups is 1. The summed E-state index contributed by atoms with van der Waals surface area (Å²) in [6.45, 7) is 0.367. The number of methoxy groups -OCH3 is 3. The minimum absolute atomic E-state index is 0.0381. The number of para-hydroxylation sites is 1. The Morgan fingerprint density at radius 2 is 1.37 bits per heavy atom. The van der Waals surface area contributed by atoms with Crippen LogP contribution in [0.15, 0.2) is 113 Å². The first-order valence-electron chi connectivity index (χ1n) is 18.9. The summed E-state index contributed by atoms with van der Waals surface area (Å²) in [5, 5.41) is 23.0. The number of nitrogens with two attached hydrogens (primary N) is 1. The molecule has 0 fully saturated rings. The van der Waals surface area contributed by atoms with Crippen LogP contribution in [-0.4, -0.2) is 90.7 Å². The standard InChI is InChI=1S/C42H42N8O9S3/c1-26(22-44-42(51)52)61(53,54)36-21-20-33(34-6-5-7-35-38(34)45-41(43)60-35)37(40-46-47-48-50(40)25-29-12-18-32(59-4)19-13-29)39(36)62(55,56)49(23-27-8-14-30(57-2)15-9-27)24-28-10-16-31(58-3)17-11-28/h5-21,26,44H,22-25H2,1-4H3,(H2,43,45)(H,51,52)/t26-/m1/s1. The van der Waals surface area contributed by atoms with Crippen LogP contribution in [0, 0.1) is 0 Å². The van der Waals surface area contributed by atoms with Gasteiger partial charge in [0, 0.05) is 25.2 Å². The number of nitrogens with zero attached hydrogens (tertiary/aromatic N) is 6. The molecule has 0 spiro atoms. The average Bonchev–Trinajstić information content (AvgIpc) is 3.90. The van der Waals surface area contributed by atoms with E-state index in [1.54, 1.807) is 92.0 Å². The third kappa shape index (κ3) is 9.03. The number of fused-ring (bicyclic) bond motifs is 1. The molecule has 2 heterocycles. The van der Waals surface area contributed by atoms with Gasteiger partial charge in [-0.2, -0.15) is 4.31 Å². The van der Waals surface area contributed by atoms with Gasteiger partial charge in [0.25, 0.3) is 0 Å². The van der Waals surface area contributed by atoms with Crippen LogP contribution in [0.3, 0.4) is 0 Å². The van der Waals surface area contributed by atoms with E-state index in [0.717, 1.165) is 5.56 Å². The molecule has 7 aromatic rings. The number of ether oxygens (including phenoxy) is 3. The van der Waals surface area contributed by atoms with Gasteiger partial charge in [-0.25, -0.2) is 31.3 Å². The zero-order valence-corrected chi connectivity index (χ0v) is 36.4.